The third-order valence-corrected chi connectivity index (χ3v) is 17.5. The zero-order valence-electron chi connectivity index (χ0n) is 44.8. The molecule has 0 spiro atoms. The second kappa shape index (κ2) is 24.2. The highest BCUT2D eigenvalue weighted by atomic mass is 35.5. The topological polar surface area (TPSA) is 301 Å². The van der Waals surface area contributed by atoms with Gasteiger partial charge >= 0.3 is 0 Å². The number of thioether (sulfide) groups is 1. The van der Waals surface area contributed by atoms with Crippen LogP contribution in [0.15, 0.2) is 65.0 Å². The van der Waals surface area contributed by atoms with E-state index < -0.39 is 108 Å². The second-order valence-corrected chi connectivity index (χ2v) is 24.5. The van der Waals surface area contributed by atoms with Crippen molar-refractivity contribution < 1.29 is 43.5 Å². The summed E-state index contributed by atoms with van der Waals surface area (Å²) in [6.45, 7) is 13.5. The maximum Gasteiger partial charge on any atom is 0.247 e. The Labute approximate surface area is 473 Å². The lowest BCUT2D eigenvalue weighted by atomic mass is 9.85. The van der Waals surface area contributed by atoms with Crippen LogP contribution in [0.5, 0.6) is 0 Å². The van der Waals surface area contributed by atoms with Crippen molar-refractivity contribution in [1.29, 1.82) is 0 Å². The number of carbonyl (C=O) groups is 8. The third kappa shape index (κ3) is 13.0. The maximum absolute atomic E-state index is 14.5. The number of aromatic nitrogens is 3. The van der Waals surface area contributed by atoms with Gasteiger partial charge in [0.15, 0.2) is 5.82 Å². The normalized spacial score (nSPS) is 23.8. The van der Waals surface area contributed by atoms with E-state index in [1.807, 2.05) is 48.9 Å². The van der Waals surface area contributed by atoms with Gasteiger partial charge in [0.25, 0.3) is 0 Å². The summed E-state index contributed by atoms with van der Waals surface area (Å²) in [5.74, 6) is -5.87. The lowest BCUT2D eigenvalue weighted by Gasteiger charge is -2.35. The first-order chi connectivity index (χ1) is 37.4. The number of thiophene rings is 2. The lowest BCUT2D eigenvalue weighted by molar-refractivity contribution is -0.144. The van der Waals surface area contributed by atoms with Crippen LogP contribution in [-0.2, 0) is 38.4 Å². The molecule has 0 aliphatic carbocycles. The van der Waals surface area contributed by atoms with Crippen molar-refractivity contribution in [2.24, 2.45) is 16.1 Å². The summed E-state index contributed by atoms with van der Waals surface area (Å²) in [5.41, 5.74) is 10.3. The van der Waals surface area contributed by atoms with Gasteiger partial charge in [-0.25, -0.2) is 0 Å². The molecule has 25 heteroatoms. The van der Waals surface area contributed by atoms with E-state index in [9.17, 15) is 43.5 Å². The first-order valence-corrected chi connectivity index (χ1v) is 28.8. The zero-order chi connectivity index (χ0) is 57.2. The molecule has 0 radical (unpaired) electrons. The molecule has 2 fully saturated rings. The number of carbonyl (C=O) groups excluding carboxylic acids is 8. The summed E-state index contributed by atoms with van der Waals surface area (Å²) in [4.78, 5) is 121. The van der Waals surface area contributed by atoms with Crippen LogP contribution in [0.4, 0.5) is 0 Å². The van der Waals surface area contributed by atoms with Crippen molar-refractivity contribution >= 4 is 99.0 Å². The fourth-order valence-corrected chi connectivity index (χ4v) is 12.7. The van der Waals surface area contributed by atoms with Gasteiger partial charge in [-0.3, -0.25) is 47.9 Å². The Bertz CT molecular complexity index is 3220. The van der Waals surface area contributed by atoms with Crippen molar-refractivity contribution in [2.45, 2.75) is 117 Å². The van der Waals surface area contributed by atoms with Crippen LogP contribution < -0.4 is 37.6 Å². The van der Waals surface area contributed by atoms with E-state index in [1.165, 1.54) is 34.5 Å². The number of halogens is 1. The molecule has 0 unspecified atom stereocenters. The van der Waals surface area contributed by atoms with Gasteiger partial charge in [-0.1, -0.05) is 68.8 Å². The molecule has 2 saturated heterocycles. The molecule has 0 bridgehead atoms. The number of hydrogen-bond acceptors (Lipinski definition) is 15. The van der Waals surface area contributed by atoms with E-state index in [1.54, 1.807) is 64.1 Å². The highest BCUT2D eigenvalue weighted by Gasteiger charge is 2.46. The smallest absolute Gasteiger partial charge is 0.247 e. The molecule has 0 saturated carbocycles. The predicted molar refractivity (Wildman–Crippen MR) is 302 cm³/mol. The number of hydrogen-bond donors (Lipinski definition) is 8. The Morgan fingerprint density at radius 3 is 2.22 bits per heavy atom. The number of nitrogens with zero attached hydrogens (tertiary/aromatic N) is 5. The van der Waals surface area contributed by atoms with Crippen LogP contribution in [0, 0.1) is 33.1 Å². The second-order valence-electron chi connectivity index (χ2n) is 20.9. The molecule has 3 aromatic heterocycles. The first-order valence-electron chi connectivity index (χ1n) is 25.5. The van der Waals surface area contributed by atoms with Crippen molar-refractivity contribution in [2.75, 3.05) is 24.6 Å². The number of rotatable bonds is 8. The number of fused-ring (bicyclic) bond motifs is 4. The number of aliphatic hydroxyl groups is 1. The van der Waals surface area contributed by atoms with Crippen LogP contribution >= 0.6 is 46.0 Å². The summed E-state index contributed by atoms with van der Waals surface area (Å²) in [7, 11) is 0. The summed E-state index contributed by atoms with van der Waals surface area (Å²) >= 11 is 10.3. The number of amides is 8. The van der Waals surface area contributed by atoms with Crippen molar-refractivity contribution in [3.05, 3.63) is 109 Å². The molecule has 9 N–H and O–H groups in total. The molecule has 8 rings (SSSR count). The van der Waals surface area contributed by atoms with Crippen LogP contribution in [0.2, 0.25) is 5.02 Å². The molecule has 3 aliphatic heterocycles. The number of nitrogens with one attached hydrogen (secondary N) is 6. The molecular formula is C54H63ClN12O9S3. The standard InChI is InChI=1S/C54H63ClN12O9S3/c1-25-17-18-78-44(25)32-11-9-31(10-12-32)43-51(75)58-27(3)48(72)60-36(49(73)61-37(46(56)71)23-77-24-40(70)62-45(54(6,7)8)52(76)66-22-34(68)19-38(66)50(74)63-43)21-57-39(69)20-35-47-65-64-29(5)67(47)53-41(26(2)28(4)79-53)42(59-35)30-13-15-33(55)16-14-30/h9-18,27,34-38,43,45,68H,19-24H2,1-8H3,(H2,56,71)(H,57,69)(H,58,75)(H,60,72)(H,61,73)(H,62,70)(H,63,74)/t27-,34-,35+,36-,37-,38+,43-,45-/m1/s1. The molecule has 3 aliphatic rings. The highest BCUT2D eigenvalue weighted by Crippen LogP contribution is 2.40. The molecule has 6 heterocycles. The Morgan fingerprint density at radius 1 is 0.861 bits per heavy atom. The van der Waals surface area contributed by atoms with E-state index in [0.717, 1.165) is 54.3 Å². The summed E-state index contributed by atoms with van der Waals surface area (Å²) < 4.78 is 1.88. The zero-order valence-corrected chi connectivity index (χ0v) is 48.0. The van der Waals surface area contributed by atoms with Crippen LogP contribution in [0.3, 0.4) is 0 Å². The minimum atomic E-state index is -1.59. The average Bonchev–Trinajstić information content (AvgIpc) is 4.17. The first kappa shape index (κ1) is 58.2. The molecule has 418 valence electrons. The number of nitrogens with two attached hydrogens (primary N) is 1. The molecule has 8 amide bonds. The van der Waals surface area contributed by atoms with Gasteiger partial charge in [0, 0.05) is 51.2 Å². The molecular weight excluding hydrogens is 1090 g/mol. The van der Waals surface area contributed by atoms with Crippen molar-refractivity contribution in [3.63, 3.8) is 0 Å². The fraction of sp³-hybridized carbons (Fsp3) is 0.426. The minimum absolute atomic E-state index is 0.176. The SMILES string of the molecule is Cc1ccsc1-c1ccc([C@H]2NC(=O)[C@@H]3C[C@@H](O)CN3C(=O)[C@H](C(C)(C)C)NC(=O)CSC[C@H](C(N)=O)NC(=O)[C@@H](CNC(=O)C[C@@H]3N=C(c4ccc(Cl)cc4)c4c(sc(C)c4C)-n4c(C)nnc43)NC(=O)[C@@H](C)NC2=O)cc1. The lowest BCUT2D eigenvalue weighted by Crippen LogP contribution is -2.60. The van der Waals surface area contributed by atoms with Gasteiger partial charge in [-0.05, 0) is 85.9 Å². The molecule has 8 atom stereocenters. The number of aliphatic imine (C=N–C) groups is 1. The summed E-state index contributed by atoms with van der Waals surface area (Å²) in [6, 6.07) is 6.83. The molecule has 2 aromatic carbocycles. The summed E-state index contributed by atoms with van der Waals surface area (Å²) in [5, 5.41) is 39.1. The van der Waals surface area contributed by atoms with Crippen LogP contribution in [-0.4, -0.2) is 139 Å². The Morgan fingerprint density at radius 2 is 1.56 bits per heavy atom. The number of aryl methyl sites for hydroxylation is 3. The Balaban J connectivity index is 1.09. The monoisotopic (exact) mass is 1150 g/mol. The number of benzene rings is 2. The third-order valence-electron chi connectivity index (χ3n) is 14.0. The van der Waals surface area contributed by atoms with E-state index in [0.29, 0.717) is 27.9 Å². The minimum Gasteiger partial charge on any atom is -0.391 e. The largest absolute Gasteiger partial charge is 0.391 e. The average molecular weight is 1160 g/mol. The maximum atomic E-state index is 14.5. The van der Waals surface area contributed by atoms with E-state index >= 15 is 0 Å². The highest BCUT2D eigenvalue weighted by molar-refractivity contribution is 8.00. The van der Waals surface area contributed by atoms with Gasteiger partial charge in [0.2, 0.25) is 47.3 Å². The van der Waals surface area contributed by atoms with Crippen molar-refractivity contribution in [3.8, 4) is 15.4 Å². The Hall–Kier alpha value is -6.99. The Kier molecular flexibility index (Phi) is 17.8. The molecule has 5 aromatic rings. The van der Waals surface area contributed by atoms with Crippen LogP contribution in [0.25, 0.3) is 15.4 Å². The van der Waals surface area contributed by atoms with Gasteiger partial charge < -0.3 is 47.6 Å². The van der Waals surface area contributed by atoms with Crippen molar-refractivity contribution in [1.82, 2.24) is 51.6 Å². The molecule has 79 heavy (non-hydrogen) atoms. The fourth-order valence-electron chi connectivity index (χ4n) is 9.56. The van der Waals surface area contributed by atoms with Gasteiger partial charge in [-0.2, -0.15) is 0 Å². The summed E-state index contributed by atoms with van der Waals surface area (Å²) in [6.07, 6.45) is -1.59. The molecule has 21 nitrogen and oxygen atoms in total. The quantitative estimate of drug-likeness (QED) is 0.111. The van der Waals surface area contributed by atoms with Gasteiger partial charge in [0.1, 0.15) is 53.1 Å². The van der Waals surface area contributed by atoms with E-state index in [-0.39, 0.29) is 30.9 Å². The number of primary amides is 1. The van der Waals surface area contributed by atoms with E-state index in [2.05, 4.69) is 42.1 Å². The van der Waals surface area contributed by atoms with Gasteiger partial charge in [0.05, 0.1) is 24.0 Å². The predicted octanol–water partition coefficient (Wildman–Crippen LogP) is 3.40. The van der Waals surface area contributed by atoms with Gasteiger partial charge in [-0.15, -0.1) is 44.6 Å². The number of aliphatic hydroxyl groups excluding tert-OH is 1. The van der Waals surface area contributed by atoms with E-state index in [4.69, 9.17) is 22.3 Å². The van der Waals surface area contributed by atoms with Crippen LogP contribution in [0.1, 0.15) is 97.0 Å².